The van der Waals surface area contributed by atoms with Gasteiger partial charge in [0, 0.05) is 10.9 Å². The van der Waals surface area contributed by atoms with Crippen LogP contribution in [0.4, 0.5) is 4.39 Å². The third-order valence-corrected chi connectivity index (χ3v) is 3.10. The van der Waals surface area contributed by atoms with Crippen LogP contribution in [0, 0.1) is 5.82 Å². The summed E-state index contributed by atoms with van der Waals surface area (Å²) in [4.78, 5) is 11.3. The van der Waals surface area contributed by atoms with Crippen LogP contribution in [0.1, 0.15) is 10.4 Å². The van der Waals surface area contributed by atoms with E-state index < -0.39 is 5.24 Å². The van der Waals surface area contributed by atoms with Crippen molar-refractivity contribution in [2.24, 2.45) is 0 Å². The van der Waals surface area contributed by atoms with Crippen molar-refractivity contribution in [3.63, 3.8) is 0 Å². The topological polar surface area (TPSA) is 34.9 Å². The largest absolute Gasteiger partial charge is 0.276 e. The third kappa shape index (κ3) is 2.00. The van der Waals surface area contributed by atoms with Crippen molar-refractivity contribution in [1.29, 1.82) is 0 Å². The third-order valence-electron chi connectivity index (χ3n) is 2.90. The fraction of sp³-hybridized carbons (Fsp3) is 0. The molecule has 3 nitrogen and oxygen atoms in total. The van der Waals surface area contributed by atoms with Crippen molar-refractivity contribution in [2.45, 2.75) is 0 Å². The molecule has 94 valence electrons. The molecule has 3 rings (SSSR count). The number of benzene rings is 2. The van der Waals surface area contributed by atoms with Gasteiger partial charge in [-0.1, -0.05) is 6.07 Å². The highest BCUT2D eigenvalue weighted by Gasteiger charge is 2.11. The highest BCUT2D eigenvalue weighted by Crippen LogP contribution is 2.23. The number of hydrogen-bond acceptors (Lipinski definition) is 2. The molecule has 5 heteroatoms. The number of hydrogen-bond donors (Lipinski definition) is 0. The first-order chi connectivity index (χ1) is 9.16. The van der Waals surface area contributed by atoms with E-state index in [9.17, 15) is 9.18 Å². The molecule has 0 atom stereocenters. The second kappa shape index (κ2) is 4.48. The first-order valence-corrected chi connectivity index (χ1v) is 5.97. The Morgan fingerprint density at radius 1 is 1.16 bits per heavy atom. The van der Waals surface area contributed by atoms with Crippen LogP contribution in [0.5, 0.6) is 0 Å². The molecule has 0 aliphatic carbocycles. The lowest BCUT2D eigenvalue weighted by Crippen LogP contribution is -1.96. The SMILES string of the molecule is O=C(Cl)c1cccc2c1cnn2-c1ccc(F)cc1. The molecular formula is C14H8ClFN2O. The quantitative estimate of drug-likeness (QED) is 0.670. The van der Waals surface area contributed by atoms with Crippen LogP contribution in [0.15, 0.2) is 48.7 Å². The molecule has 0 aliphatic heterocycles. The van der Waals surface area contributed by atoms with E-state index in [-0.39, 0.29) is 5.82 Å². The van der Waals surface area contributed by atoms with Gasteiger partial charge in [-0.25, -0.2) is 9.07 Å². The van der Waals surface area contributed by atoms with Crippen molar-refractivity contribution in [2.75, 3.05) is 0 Å². The van der Waals surface area contributed by atoms with Gasteiger partial charge in [0.1, 0.15) is 5.82 Å². The Balaban J connectivity index is 2.24. The molecule has 0 spiro atoms. The smallest absolute Gasteiger partial charge is 0.253 e. The molecule has 0 unspecified atom stereocenters. The second-order valence-corrected chi connectivity index (χ2v) is 4.39. The van der Waals surface area contributed by atoms with Crippen molar-refractivity contribution < 1.29 is 9.18 Å². The average Bonchev–Trinajstić information content (AvgIpc) is 2.83. The van der Waals surface area contributed by atoms with E-state index in [2.05, 4.69) is 5.10 Å². The number of aromatic nitrogens is 2. The Labute approximate surface area is 113 Å². The molecule has 2 aromatic carbocycles. The maximum absolute atomic E-state index is 12.9. The van der Waals surface area contributed by atoms with Gasteiger partial charge >= 0.3 is 0 Å². The predicted molar refractivity (Wildman–Crippen MR) is 71.2 cm³/mol. The zero-order valence-electron chi connectivity index (χ0n) is 9.68. The van der Waals surface area contributed by atoms with E-state index in [1.165, 1.54) is 12.1 Å². The summed E-state index contributed by atoms with van der Waals surface area (Å²) in [5, 5.41) is 4.37. The van der Waals surface area contributed by atoms with Crippen LogP contribution >= 0.6 is 11.6 Å². The molecule has 0 saturated heterocycles. The van der Waals surface area contributed by atoms with Crippen LogP contribution in [0.3, 0.4) is 0 Å². The maximum atomic E-state index is 12.9. The van der Waals surface area contributed by atoms with Gasteiger partial charge in [0.05, 0.1) is 17.4 Å². The van der Waals surface area contributed by atoms with E-state index in [1.54, 1.807) is 35.1 Å². The molecule has 0 fully saturated rings. The van der Waals surface area contributed by atoms with E-state index in [1.807, 2.05) is 6.07 Å². The van der Waals surface area contributed by atoms with E-state index in [0.717, 1.165) is 11.2 Å². The molecule has 0 aliphatic rings. The molecule has 1 aromatic heterocycles. The monoisotopic (exact) mass is 274 g/mol. The van der Waals surface area contributed by atoms with Crippen molar-refractivity contribution in [3.8, 4) is 5.69 Å². The number of halogens is 2. The van der Waals surface area contributed by atoms with Gasteiger partial charge < -0.3 is 0 Å². The number of fused-ring (bicyclic) bond motifs is 1. The van der Waals surface area contributed by atoms with E-state index in [4.69, 9.17) is 11.6 Å². The summed E-state index contributed by atoms with van der Waals surface area (Å²) in [6.45, 7) is 0. The lowest BCUT2D eigenvalue weighted by atomic mass is 10.1. The van der Waals surface area contributed by atoms with Crippen LogP contribution in [0.2, 0.25) is 0 Å². The van der Waals surface area contributed by atoms with Crippen LogP contribution in [0.25, 0.3) is 16.6 Å². The molecule has 0 radical (unpaired) electrons. The van der Waals surface area contributed by atoms with Gasteiger partial charge in [0.25, 0.3) is 5.24 Å². The van der Waals surface area contributed by atoms with E-state index >= 15 is 0 Å². The van der Waals surface area contributed by atoms with Crippen LogP contribution < -0.4 is 0 Å². The van der Waals surface area contributed by atoms with Gasteiger partial charge in [0.2, 0.25) is 0 Å². The summed E-state index contributed by atoms with van der Waals surface area (Å²) < 4.78 is 14.6. The zero-order valence-corrected chi connectivity index (χ0v) is 10.4. The fourth-order valence-corrected chi connectivity index (χ4v) is 2.18. The summed E-state index contributed by atoms with van der Waals surface area (Å²) in [7, 11) is 0. The molecule has 0 saturated carbocycles. The van der Waals surface area contributed by atoms with Gasteiger partial charge in [-0.2, -0.15) is 5.10 Å². The lowest BCUT2D eigenvalue weighted by molar-refractivity contribution is 0.108. The number of carbonyl (C=O) groups excluding carboxylic acids is 1. The highest BCUT2D eigenvalue weighted by molar-refractivity contribution is 6.68. The second-order valence-electron chi connectivity index (χ2n) is 4.04. The number of nitrogens with zero attached hydrogens (tertiary/aromatic N) is 2. The first-order valence-electron chi connectivity index (χ1n) is 5.59. The number of carbonyl (C=O) groups is 1. The summed E-state index contributed by atoms with van der Waals surface area (Å²) in [5.41, 5.74) is 1.88. The molecule has 19 heavy (non-hydrogen) atoms. The molecule has 1 heterocycles. The zero-order chi connectivity index (χ0) is 13.4. The predicted octanol–water partition coefficient (Wildman–Crippen LogP) is 3.54. The Morgan fingerprint density at radius 2 is 1.89 bits per heavy atom. The first kappa shape index (κ1) is 11.9. The molecule has 3 aromatic rings. The van der Waals surface area contributed by atoms with Gasteiger partial charge in [-0.05, 0) is 48.0 Å². The Kier molecular flexibility index (Phi) is 2.80. The van der Waals surface area contributed by atoms with Crippen molar-refractivity contribution in [3.05, 3.63) is 60.0 Å². The van der Waals surface area contributed by atoms with E-state index in [0.29, 0.717) is 10.9 Å². The standard InChI is InChI=1S/C14H8ClFN2O/c15-14(19)11-2-1-3-13-12(11)8-17-18(13)10-6-4-9(16)5-7-10/h1-8H. The minimum absolute atomic E-state index is 0.308. The summed E-state index contributed by atoms with van der Waals surface area (Å²) in [6.07, 6.45) is 1.58. The van der Waals surface area contributed by atoms with Gasteiger partial charge in [0.15, 0.2) is 0 Å². The van der Waals surface area contributed by atoms with Crippen molar-refractivity contribution >= 4 is 27.7 Å². The molecular weight excluding hydrogens is 267 g/mol. The normalized spacial score (nSPS) is 10.8. The average molecular weight is 275 g/mol. The minimum atomic E-state index is -0.524. The highest BCUT2D eigenvalue weighted by atomic mass is 35.5. The molecule has 0 N–H and O–H groups in total. The molecule has 0 amide bonds. The van der Waals surface area contributed by atoms with Gasteiger partial charge in [-0.3, -0.25) is 4.79 Å². The lowest BCUT2D eigenvalue weighted by Gasteiger charge is -2.03. The molecule has 0 bridgehead atoms. The summed E-state index contributed by atoms with van der Waals surface area (Å²) in [6, 6.07) is 11.2. The van der Waals surface area contributed by atoms with Crippen molar-refractivity contribution in [1.82, 2.24) is 9.78 Å². The van der Waals surface area contributed by atoms with Gasteiger partial charge in [-0.15, -0.1) is 0 Å². The Bertz CT molecular complexity index is 765. The maximum Gasteiger partial charge on any atom is 0.253 e. The van der Waals surface area contributed by atoms with Crippen LogP contribution in [-0.2, 0) is 0 Å². The summed E-state index contributed by atoms with van der Waals surface area (Å²) in [5.74, 6) is -0.308. The fourth-order valence-electron chi connectivity index (χ4n) is 2.01. The van der Waals surface area contributed by atoms with Crippen LogP contribution in [-0.4, -0.2) is 15.0 Å². The Morgan fingerprint density at radius 3 is 2.58 bits per heavy atom. The number of rotatable bonds is 2. The Hall–Kier alpha value is -2.20. The summed E-state index contributed by atoms with van der Waals surface area (Å²) >= 11 is 5.53. The minimum Gasteiger partial charge on any atom is -0.276 e.